The van der Waals surface area contributed by atoms with E-state index >= 15 is 0 Å². The van der Waals surface area contributed by atoms with E-state index in [1.807, 2.05) is 6.92 Å². The van der Waals surface area contributed by atoms with Crippen LogP contribution in [0, 0.1) is 0 Å². The predicted molar refractivity (Wildman–Crippen MR) is 74.2 cm³/mol. The lowest BCUT2D eigenvalue weighted by Gasteiger charge is -2.23. The summed E-state index contributed by atoms with van der Waals surface area (Å²) >= 11 is 3.23. The van der Waals surface area contributed by atoms with Crippen molar-refractivity contribution < 1.29 is 18.3 Å². The highest BCUT2D eigenvalue weighted by Gasteiger charge is 2.35. The maximum Gasteiger partial charge on any atom is 0.242 e. The summed E-state index contributed by atoms with van der Waals surface area (Å²) in [5, 5.41) is 9.10. The lowest BCUT2D eigenvalue weighted by Crippen LogP contribution is -2.46. The fourth-order valence-electron chi connectivity index (χ4n) is 1.98. The molecule has 2 rings (SSSR count). The van der Waals surface area contributed by atoms with E-state index in [9.17, 15) is 8.42 Å². The zero-order valence-electron chi connectivity index (χ0n) is 10.5. The minimum Gasteiger partial charge on any atom is -0.392 e. The van der Waals surface area contributed by atoms with E-state index in [1.54, 1.807) is 12.1 Å². The standard InChI is InChI=1S/C12H16BrNO4S/c1-12(4-5-18-8-12)14-19(16,17)11-6-9(7-15)2-3-10(11)13/h2-3,6,14-15H,4-5,7-8H2,1H3. The molecule has 0 saturated carbocycles. The Morgan fingerprint density at radius 2 is 2.26 bits per heavy atom. The number of aliphatic hydroxyl groups excluding tert-OH is 1. The highest BCUT2D eigenvalue weighted by molar-refractivity contribution is 9.10. The third-order valence-corrected chi connectivity index (χ3v) is 5.70. The minimum atomic E-state index is -3.65. The number of aliphatic hydroxyl groups is 1. The number of halogens is 1. The van der Waals surface area contributed by atoms with Crippen LogP contribution in [-0.2, 0) is 21.4 Å². The number of rotatable bonds is 4. The smallest absolute Gasteiger partial charge is 0.242 e. The third-order valence-electron chi connectivity index (χ3n) is 3.07. The average molecular weight is 350 g/mol. The number of nitrogens with one attached hydrogen (secondary N) is 1. The van der Waals surface area contributed by atoms with Gasteiger partial charge in [0.1, 0.15) is 0 Å². The van der Waals surface area contributed by atoms with Gasteiger partial charge in [0.05, 0.1) is 23.6 Å². The van der Waals surface area contributed by atoms with Crippen molar-refractivity contribution in [1.29, 1.82) is 0 Å². The lowest BCUT2D eigenvalue weighted by atomic mass is 10.0. The molecule has 0 amide bonds. The van der Waals surface area contributed by atoms with Crippen molar-refractivity contribution in [3.8, 4) is 0 Å². The second kappa shape index (κ2) is 5.49. The second-order valence-corrected chi connectivity index (χ2v) is 7.40. The summed E-state index contributed by atoms with van der Waals surface area (Å²) in [6.07, 6.45) is 0.642. The van der Waals surface area contributed by atoms with Crippen molar-refractivity contribution in [2.45, 2.75) is 30.4 Å². The molecule has 1 unspecified atom stereocenters. The fourth-order valence-corrected chi connectivity index (χ4v) is 4.42. The van der Waals surface area contributed by atoms with Crippen molar-refractivity contribution in [3.63, 3.8) is 0 Å². The molecule has 0 aliphatic carbocycles. The van der Waals surface area contributed by atoms with Gasteiger partial charge in [0, 0.05) is 11.1 Å². The molecule has 0 aromatic heterocycles. The number of benzene rings is 1. The van der Waals surface area contributed by atoms with E-state index in [2.05, 4.69) is 20.7 Å². The van der Waals surface area contributed by atoms with E-state index in [1.165, 1.54) is 6.07 Å². The molecule has 1 aliphatic heterocycles. The molecule has 0 spiro atoms. The predicted octanol–water partition coefficient (Wildman–Crippen LogP) is 1.40. The van der Waals surface area contributed by atoms with Gasteiger partial charge in [0.15, 0.2) is 0 Å². The van der Waals surface area contributed by atoms with Crippen molar-refractivity contribution >= 4 is 26.0 Å². The second-order valence-electron chi connectivity index (χ2n) is 4.89. The van der Waals surface area contributed by atoms with Gasteiger partial charge in [-0.2, -0.15) is 0 Å². The van der Waals surface area contributed by atoms with E-state index in [-0.39, 0.29) is 11.5 Å². The number of hydrogen-bond donors (Lipinski definition) is 2. The van der Waals surface area contributed by atoms with Crippen molar-refractivity contribution in [3.05, 3.63) is 28.2 Å². The molecule has 2 N–H and O–H groups in total. The Morgan fingerprint density at radius 1 is 1.53 bits per heavy atom. The molecule has 1 aliphatic rings. The van der Waals surface area contributed by atoms with E-state index in [4.69, 9.17) is 9.84 Å². The van der Waals surface area contributed by atoms with Gasteiger partial charge < -0.3 is 9.84 Å². The normalized spacial score (nSPS) is 23.7. The lowest BCUT2D eigenvalue weighted by molar-refractivity contribution is 0.178. The Kier molecular flexibility index (Phi) is 4.32. The summed E-state index contributed by atoms with van der Waals surface area (Å²) in [4.78, 5) is 0.132. The van der Waals surface area contributed by atoms with Gasteiger partial charge >= 0.3 is 0 Å². The Labute approximate surface area is 121 Å². The maximum absolute atomic E-state index is 12.4. The quantitative estimate of drug-likeness (QED) is 0.861. The molecule has 1 fully saturated rings. The number of ether oxygens (including phenoxy) is 1. The van der Waals surface area contributed by atoms with Crippen molar-refractivity contribution in [2.24, 2.45) is 0 Å². The molecule has 5 nitrogen and oxygen atoms in total. The van der Waals surface area contributed by atoms with E-state index < -0.39 is 15.6 Å². The maximum atomic E-state index is 12.4. The molecule has 1 aromatic carbocycles. The van der Waals surface area contributed by atoms with Crippen LogP contribution in [0.3, 0.4) is 0 Å². The first-order valence-electron chi connectivity index (χ1n) is 5.87. The molecule has 0 radical (unpaired) electrons. The van der Waals surface area contributed by atoms with Crippen LogP contribution >= 0.6 is 15.9 Å². The Bertz CT molecular complexity index is 567. The van der Waals surface area contributed by atoms with Crippen LogP contribution in [0.5, 0.6) is 0 Å². The Balaban J connectivity index is 2.33. The fraction of sp³-hybridized carbons (Fsp3) is 0.500. The van der Waals surface area contributed by atoms with Crippen LogP contribution in [0.1, 0.15) is 18.9 Å². The number of sulfonamides is 1. The molecular formula is C12H16BrNO4S. The monoisotopic (exact) mass is 349 g/mol. The van der Waals surface area contributed by atoms with E-state index in [0.717, 1.165) is 0 Å². The molecule has 1 atom stereocenters. The third kappa shape index (κ3) is 3.35. The molecule has 106 valence electrons. The highest BCUT2D eigenvalue weighted by Crippen LogP contribution is 2.26. The van der Waals surface area contributed by atoms with Gasteiger partial charge in [-0.05, 0) is 47.0 Å². The van der Waals surface area contributed by atoms with Gasteiger partial charge in [0.25, 0.3) is 0 Å². The molecule has 1 aromatic rings. The summed E-state index contributed by atoms with van der Waals surface area (Å²) in [6.45, 7) is 2.54. The molecule has 1 saturated heterocycles. The van der Waals surface area contributed by atoms with Crippen molar-refractivity contribution in [1.82, 2.24) is 4.72 Å². The van der Waals surface area contributed by atoms with Crippen LogP contribution in [-0.4, -0.2) is 32.3 Å². The topological polar surface area (TPSA) is 75.6 Å². The SMILES string of the molecule is CC1(NS(=O)(=O)c2cc(CO)ccc2Br)CCOC1. The van der Waals surface area contributed by atoms with Crippen LogP contribution < -0.4 is 4.72 Å². The highest BCUT2D eigenvalue weighted by atomic mass is 79.9. The first kappa shape index (κ1) is 14.9. The zero-order valence-corrected chi connectivity index (χ0v) is 12.9. The van der Waals surface area contributed by atoms with Gasteiger partial charge in [-0.15, -0.1) is 0 Å². The Hall–Kier alpha value is -0.470. The van der Waals surface area contributed by atoms with Crippen LogP contribution in [0.4, 0.5) is 0 Å². The first-order chi connectivity index (χ1) is 8.86. The summed E-state index contributed by atoms with van der Waals surface area (Å²) in [6, 6.07) is 4.75. The average Bonchev–Trinajstić information content (AvgIpc) is 2.75. The molecule has 19 heavy (non-hydrogen) atoms. The van der Waals surface area contributed by atoms with Gasteiger partial charge in [-0.1, -0.05) is 6.07 Å². The van der Waals surface area contributed by atoms with Gasteiger partial charge in [-0.3, -0.25) is 0 Å². The largest absolute Gasteiger partial charge is 0.392 e. The van der Waals surface area contributed by atoms with Crippen LogP contribution in [0.2, 0.25) is 0 Å². The summed E-state index contributed by atoms with van der Waals surface area (Å²) in [7, 11) is -3.65. The summed E-state index contributed by atoms with van der Waals surface area (Å²) in [5.74, 6) is 0. The van der Waals surface area contributed by atoms with Crippen molar-refractivity contribution in [2.75, 3.05) is 13.2 Å². The zero-order chi connectivity index (χ0) is 14.1. The molecule has 0 bridgehead atoms. The van der Waals surface area contributed by atoms with Gasteiger partial charge in [0.2, 0.25) is 10.0 Å². The number of hydrogen-bond acceptors (Lipinski definition) is 4. The van der Waals surface area contributed by atoms with Crippen LogP contribution in [0.25, 0.3) is 0 Å². The van der Waals surface area contributed by atoms with E-state index in [0.29, 0.717) is 29.7 Å². The first-order valence-corrected chi connectivity index (χ1v) is 8.15. The Morgan fingerprint density at radius 3 is 2.84 bits per heavy atom. The molecule has 7 heteroatoms. The summed E-state index contributed by atoms with van der Waals surface area (Å²) in [5.41, 5.74) is -0.0237. The minimum absolute atomic E-state index is 0.132. The molecular weight excluding hydrogens is 334 g/mol. The van der Waals surface area contributed by atoms with Crippen LogP contribution in [0.15, 0.2) is 27.6 Å². The summed E-state index contributed by atoms with van der Waals surface area (Å²) < 4.78 is 33.2. The van der Waals surface area contributed by atoms with Gasteiger partial charge in [-0.25, -0.2) is 13.1 Å². The molecule has 1 heterocycles.